The molecule has 1 saturated carbocycles. The Labute approximate surface area is 108 Å². The van der Waals surface area contributed by atoms with E-state index in [0.29, 0.717) is 12.6 Å². The van der Waals surface area contributed by atoms with E-state index in [-0.39, 0.29) is 5.91 Å². The summed E-state index contributed by atoms with van der Waals surface area (Å²) in [4.78, 5) is 17.9. The fourth-order valence-corrected chi connectivity index (χ4v) is 1.78. The van der Waals surface area contributed by atoms with Crippen LogP contribution in [-0.4, -0.2) is 42.5 Å². The van der Waals surface area contributed by atoms with Gasteiger partial charge >= 0.3 is 0 Å². The van der Waals surface area contributed by atoms with Crippen LogP contribution in [0.5, 0.6) is 0 Å². The van der Waals surface area contributed by atoms with Gasteiger partial charge in [0.25, 0.3) is 0 Å². The quantitative estimate of drug-likeness (QED) is 0.783. The molecule has 5 nitrogen and oxygen atoms in total. The number of anilines is 1. The highest BCUT2D eigenvalue weighted by atomic mass is 16.2. The molecule has 1 aromatic heterocycles. The van der Waals surface area contributed by atoms with E-state index in [0.717, 1.165) is 30.8 Å². The minimum absolute atomic E-state index is 0.111. The summed E-state index contributed by atoms with van der Waals surface area (Å²) < 4.78 is 0. The van der Waals surface area contributed by atoms with Gasteiger partial charge in [-0.05, 0) is 31.5 Å². The van der Waals surface area contributed by atoms with Gasteiger partial charge in [0, 0.05) is 25.8 Å². The summed E-state index contributed by atoms with van der Waals surface area (Å²) in [7, 11) is 3.79. The highest BCUT2D eigenvalue weighted by Crippen LogP contribution is 2.18. The molecule has 2 N–H and O–H groups in total. The van der Waals surface area contributed by atoms with E-state index in [1.54, 1.807) is 0 Å². The van der Waals surface area contributed by atoms with Crippen molar-refractivity contribution in [1.82, 2.24) is 15.2 Å². The van der Waals surface area contributed by atoms with Gasteiger partial charge in [-0.25, -0.2) is 4.98 Å². The van der Waals surface area contributed by atoms with Crippen LogP contribution in [0, 0.1) is 0 Å². The van der Waals surface area contributed by atoms with E-state index in [9.17, 15) is 4.79 Å². The van der Waals surface area contributed by atoms with Gasteiger partial charge in [-0.3, -0.25) is 9.69 Å². The molecule has 1 aliphatic rings. The zero-order chi connectivity index (χ0) is 13.0. The number of hydrogen-bond acceptors (Lipinski definition) is 4. The first-order chi connectivity index (χ1) is 8.67. The largest absolute Gasteiger partial charge is 0.373 e. The van der Waals surface area contributed by atoms with E-state index >= 15 is 0 Å². The maximum absolute atomic E-state index is 11.6. The molecule has 1 aromatic rings. The minimum Gasteiger partial charge on any atom is -0.373 e. The lowest BCUT2D eigenvalue weighted by atomic mass is 10.2. The van der Waals surface area contributed by atoms with Gasteiger partial charge in [-0.1, -0.05) is 6.07 Å². The Morgan fingerprint density at radius 2 is 2.28 bits per heavy atom. The molecule has 0 spiro atoms. The summed E-state index contributed by atoms with van der Waals surface area (Å²) in [6, 6.07) is 4.39. The third-order valence-corrected chi connectivity index (χ3v) is 2.89. The number of nitrogens with one attached hydrogen (secondary N) is 2. The van der Waals surface area contributed by atoms with Gasteiger partial charge in [0.05, 0.1) is 6.54 Å². The Morgan fingerprint density at radius 3 is 2.83 bits per heavy atom. The number of likely N-dealkylation sites (N-methyl/N-ethyl adjacent to an activating group) is 1. The predicted molar refractivity (Wildman–Crippen MR) is 71.3 cm³/mol. The Hall–Kier alpha value is -1.62. The molecule has 1 aliphatic carbocycles. The molecule has 1 heterocycles. The highest BCUT2D eigenvalue weighted by Gasteiger charge is 2.23. The zero-order valence-electron chi connectivity index (χ0n) is 10.9. The standard InChI is InChI=1S/C13H20N4O/c1-14-12-6-3-10(7-15-12)8-17(2)9-13(18)16-11-4-5-11/h3,6-7,11H,4-5,8-9H2,1-2H3,(H,14,15)(H,16,18). The summed E-state index contributed by atoms with van der Waals surface area (Å²) in [6.45, 7) is 1.17. The molecule has 0 radical (unpaired) electrons. The van der Waals surface area contributed by atoms with Crippen LogP contribution < -0.4 is 10.6 Å². The lowest BCUT2D eigenvalue weighted by Gasteiger charge is -2.16. The Balaban J connectivity index is 1.77. The predicted octanol–water partition coefficient (Wildman–Crippen LogP) is 0.834. The van der Waals surface area contributed by atoms with E-state index in [4.69, 9.17) is 0 Å². The summed E-state index contributed by atoms with van der Waals surface area (Å²) >= 11 is 0. The van der Waals surface area contributed by atoms with Crippen LogP contribution in [0.2, 0.25) is 0 Å². The monoisotopic (exact) mass is 248 g/mol. The minimum atomic E-state index is 0.111. The van der Waals surface area contributed by atoms with E-state index in [1.807, 2.05) is 37.3 Å². The molecule has 0 bridgehead atoms. The molecule has 5 heteroatoms. The summed E-state index contributed by atoms with van der Waals surface area (Å²) in [6.07, 6.45) is 4.09. The normalized spacial score (nSPS) is 14.6. The van der Waals surface area contributed by atoms with Crippen molar-refractivity contribution in [2.24, 2.45) is 0 Å². The third kappa shape index (κ3) is 4.00. The van der Waals surface area contributed by atoms with Crippen LogP contribution in [0.3, 0.4) is 0 Å². The SMILES string of the molecule is CNc1ccc(CN(C)CC(=O)NC2CC2)cn1. The molecule has 0 atom stereocenters. The molecule has 1 amide bonds. The second kappa shape index (κ2) is 5.82. The number of aromatic nitrogens is 1. The first-order valence-electron chi connectivity index (χ1n) is 6.28. The van der Waals surface area contributed by atoms with Gasteiger partial charge in [0.15, 0.2) is 0 Å². The first kappa shape index (κ1) is 12.8. The molecule has 0 saturated heterocycles. The molecule has 18 heavy (non-hydrogen) atoms. The van der Waals surface area contributed by atoms with E-state index in [1.165, 1.54) is 0 Å². The van der Waals surface area contributed by atoms with Gasteiger partial charge < -0.3 is 10.6 Å². The van der Waals surface area contributed by atoms with Crippen LogP contribution in [0.1, 0.15) is 18.4 Å². The van der Waals surface area contributed by atoms with Crippen LogP contribution in [0.4, 0.5) is 5.82 Å². The summed E-state index contributed by atoms with van der Waals surface area (Å²) in [5.74, 6) is 0.965. The smallest absolute Gasteiger partial charge is 0.234 e. The van der Waals surface area contributed by atoms with Crippen LogP contribution in [0.25, 0.3) is 0 Å². The fourth-order valence-electron chi connectivity index (χ4n) is 1.78. The second-order valence-electron chi connectivity index (χ2n) is 4.82. The van der Waals surface area contributed by atoms with Gasteiger partial charge in [-0.2, -0.15) is 0 Å². The second-order valence-corrected chi connectivity index (χ2v) is 4.82. The van der Waals surface area contributed by atoms with Crippen molar-refractivity contribution >= 4 is 11.7 Å². The van der Waals surface area contributed by atoms with Gasteiger partial charge in [-0.15, -0.1) is 0 Å². The van der Waals surface area contributed by atoms with Gasteiger partial charge in [0.2, 0.25) is 5.91 Å². The highest BCUT2D eigenvalue weighted by molar-refractivity contribution is 5.78. The number of pyridine rings is 1. The number of rotatable bonds is 6. The Bertz CT molecular complexity index is 400. The molecule has 0 unspecified atom stereocenters. The van der Waals surface area contributed by atoms with Crippen LogP contribution in [0.15, 0.2) is 18.3 Å². The van der Waals surface area contributed by atoms with Crippen molar-refractivity contribution in [3.63, 3.8) is 0 Å². The summed E-state index contributed by atoms with van der Waals surface area (Å²) in [5.41, 5.74) is 1.11. The number of hydrogen-bond donors (Lipinski definition) is 2. The number of carbonyl (C=O) groups excluding carboxylic acids is 1. The molecule has 0 aliphatic heterocycles. The van der Waals surface area contributed by atoms with Crippen LogP contribution in [-0.2, 0) is 11.3 Å². The molecule has 0 aromatic carbocycles. The van der Waals surface area contributed by atoms with Crippen molar-refractivity contribution in [1.29, 1.82) is 0 Å². The number of nitrogens with zero attached hydrogens (tertiary/aromatic N) is 2. The molecular weight excluding hydrogens is 228 g/mol. The first-order valence-corrected chi connectivity index (χ1v) is 6.28. The number of carbonyl (C=O) groups is 1. The Kier molecular flexibility index (Phi) is 4.15. The molecule has 2 rings (SSSR count). The van der Waals surface area contributed by atoms with E-state index < -0.39 is 0 Å². The maximum Gasteiger partial charge on any atom is 0.234 e. The molecule has 1 fully saturated rings. The third-order valence-electron chi connectivity index (χ3n) is 2.89. The van der Waals surface area contributed by atoms with Crippen molar-refractivity contribution in [2.45, 2.75) is 25.4 Å². The topological polar surface area (TPSA) is 57.3 Å². The molecule has 98 valence electrons. The lowest BCUT2D eigenvalue weighted by Crippen LogP contribution is -2.35. The molecular formula is C13H20N4O. The average molecular weight is 248 g/mol. The van der Waals surface area contributed by atoms with Crippen molar-refractivity contribution in [3.05, 3.63) is 23.9 Å². The Morgan fingerprint density at radius 1 is 1.50 bits per heavy atom. The van der Waals surface area contributed by atoms with E-state index in [2.05, 4.69) is 15.6 Å². The van der Waals surface area contributed by atoms with Crippen molar-refractivity contribution in [2.75, 3.05) is 26.0 Å². The summed E-state index contributed by atoms with van der Waals surface area (Å²) in [5, 5.41) is 5.96. The zero-order valence-corrected chi connectivity index (χ0v) is 10.9. The maximum atomic E-state index is 11.6. The average Bonchev–Trinajstić information content (AvgIpc) is 3.13. The van der Waals surface area contributed by atoms with Crippen molar-refractivity contribution in [3.8, 4) is 0 Å². The lowest BCUT2D eigenvalue weighted by molar-refractivity contribution is -0.122. The van der Waals surface area contributed by atoms with Gasteiger partial charge in [0.1, 0.15) is 5.82 Å². The van der Waals surface area contributed by atoms with Crippen molar-refractivity contribution < 1.29 is 4.79 Å². The number of amides is 1. The van der Waals surface area contributed by atoms with Crippen LogP contribution >= 0.6 is 0 Å². The fraction of sp³-hybridized carbons (Fsp3) is 0.538.